The number of carbonyl (C=O) groups excluding carboxylic acids is 2. The molecule has 2 aliphatic heterocycles. The van der Waals surface area contributed by atoms with Crippen molar-refractivity contribution in [2.45, 2.75) is 45.3 Å². The summed E-state index contributed by atoms with van der Waals surface area (Å²) in [5.74, 6) is -0.826. The Morgan fingerprint density at radius 3 is 2.45 bits per heavy atom. The summed E-state index contributed by atoms with van der Waals surface area (Å²) in [7, 11) is 1.33. The Bertz CT molecular complexity index is 987. The number of hydrogen-bond donors (Lipinski definition) is 1. The summed E-state index contributed by atoms with van der Waals surface area (Å²) in [6.07, 6.45) is -0.735. The molecule has 3 rings (SSSR count). The Labute approximate surface area is 190 Å². The zero-order chi connectivity index (χ0) is 24.3. The van der Waals surface area contributed by atoms with Gasteiger partial charge in [-0.15, -0.1) is 0 Å². The van der Waals surface area contributed by atoms with E-state index in [2.05, 4.69) is 15.1 Å². The molecule has 1 aromatic carbocycles. The molecule has 33 heavy (non-hydrogen) atoms. The third-order valence-electron chi connectivity index (χ3n) is 5.80. The van der Waals surface area contributed by atoms with Gasteiger partial charge in [-0.05, 0) is 50.3 Å². The second-order valence-corrected chi connectivity index (χ2v) is 8.20. The fourth-order valence-corrected chi connectivity index (χ4v) is 3.97. The van der Waals surface area contributed by atoms with Gasteiger partial charge in [0.1, 0.15) is 11.8 Å². The van der Waals surface area contributed by atoms with Crippen LogP contribution in [-0.2, 0) is 4.79 Å². The van der Waals surface area contributed by atoms with Gasteiger partial charge in [0.2, 0.25) is 0 Å². The van der Waals surface area contributed by atoms with Crippen molar-refractivity contribution < 1.29 is 22.8 Å². The minimum atomic E-state index is -4.56. The lowest BCUT2D eigenvalue weighted by Gasteiger charge is -2.30. The standard InChI is InChI=1S/C22H27F3N6O2/c1-4-27-19-13(2)9-15(10-16(19)26)21(33)31-7-5-14(6-8-31)12-28-20(32)17-11-18(22(23,24)25)29-30(17)3/h4,9-10,12,14,17H,5-8,11,26H2,1-3H3. The highest BCUT2D eigenvalue weighted by Gasteiger charge is 2.44. The minimum absolute atomic E-state index is 0.0409. The molecule has 0 spiro atoms. The molecule has 0 bridgehead atoms. The molecule has 0 saturated carbocycles. The van der Waals surface area contributed by atoms with Crippen molar-refractivity contribution in [1.29, 1.82) is 0 Å². The zero-order valence-corrected chi connectivity index (χ0v) is 18.8. The van der Waals surface area contributed by atoms with Gasteiger partial charge in [0.05, 0.1) is 11.4 Å². The largest absolute Gasteiger partial charge is 0.431 e. The van der Waals surface area contributed by atoms with Crippen LogP contribution in [0.5, 0.6) is 0 Å². The van der Waals surface area contributed by atoms with E-state index in [4.69, 9.17) is 5.73 Å². The van der Waals surface area contributed by atoms with Crippen LogP contribution < -0.4 is 5.73 Å². The third kappa shape index (κ3) is 5.58. The van der Waals surface area contributed by atoms with Crippen molar-refractivity contribution in [2.24, 2.45) is 21.0 Å². The van der Waals surface area contributed by atoms with Crippen LogP contribution in [0.2, 0.25) is 0 Å². The minimum Gasteiger partial charge on any atom is -0.397 e. The maximum Gasteiger partial charge on any atom is 0.431 e. The van der Waals surface area contributed by atoms with Crippen molar-refractivity contribution in [3.63, 3.8) is 0 Å². The average molecular weight is 464 g/mol. The number of amides is 2. The molecular weight excluding hydrogens is 437 g/mol. The van der Waals surface area contributed by atoms with Gasteiger partial charge in [-0.1, -0.05) is 0 Å². The van der Waals surface area contributed by atoms with E-state index in [1.807, 2.05) is 6.92 Å². The molecule has 178 valence electrons. The fourth-order valence-electron chi connectivity index (χ4n) is 3.97. The molecule has 1 atom stereocenters. The number of hydrazone groups is 1. The molecule has 2 heterocycles. The summed E-state index contributed by atoms with van der Waals surface area (Å²) in [5.41, 5.74) is 7.46. The van der Waals surface area contributed by atoms with Crippen LogP contribution in [0.4, 0.5) is 24.5 Å². The number of aliphatic imine (C=N–C) groups is 2. The number of aryl methyl sites for hydroxylation is 1. The molecule has 1 aromatic rings. The average Bonchev–Trinajstić information content (AvgIpc) is 3.16. The molecule has 0 aliphatic carbocycles. The van der Waals surface area contributed by atoms with Crippen LogP contribution in [0.15, 0.2) is 27.2 Å². The number of hydrogen-bond acceptors (Lipinski definition) is 6. The monoisotopic (exact) mass is 464 g/mol. The second kappa shape index (κ2) is 9.72. The normalized spacial score (nSPS) is 20.2. The maximum absolute atomic E-state index is 12.9. The summed E-state index contributed by atoms with van der Waals surface area (Å²) < 4.78 is 38.5. The number of anilines is 1. The van der Waals surface area contributed by atoms with E-state index >= 15 is 0 Å². The summed E-state index contributed by atoms with van der Waals surface area (Å²) in [4.78, 5) is 35.0. The van der Waals surface area contributed by atoms with Crippen molar-refractivity contribution in [3.05, 3.63) is 23.3 Å². The summed E-state index contributed by atoms with van der Waals surface area (Å²) >= 11 is 0. The zero-order valence-electron chi connectivity index (χ0n) is 18.8. The van der Waals surface area contributed by atoms with Crippen molar-refractivity contribution in [1.82, 2.24) is 9.91 Å². The van der Waals surface area contributed by atoms with Crippen molar-refractivity contribution in [3.8, 4) is 0 Å². The molecular formula is C22H27F3N6O2. The number of nitrogen functional groups attached to an aromatic ring is 1. The van der Waals surface area contributed by atoms with Crippen LogP contribution in [-0.4, -0.2) is 72.2 Å². The number of piperidine rings is 1. The van der Waals surface area contributed by atoms with Gasteiger partial charge < -0.3 is 10.6 Å². The van der Waals surface area contributed by atoms with Crippen LogP contribution >= 0.6 is 0 Å². The number of likely N-dealkylation sites (N-methyl/N-ethyl adjacent to an activating group) is 1. The summed E-state index contributed by atoms with van der Waals surface area (Å²) in [5, 5.41) is 4.42. The molecule has 0 aromatic heterocycles. The van der Waals surface area contributed by atoms with E-state index in [1.165, 1.54) is 13.3 Å². The number of rotatable bonds is 4. The number of benzene rings is 1. The van der Waals surface area contributed by atoms with E-state index in [0.717, 1.165) is 10.6 Å². The van der Waals surface area contributed by atoms with Gasteiger partial charge in [-0.3, -0.25) is 19.6 Å². The Morgan fingerprint density at radius 2 is 1.91 bits per heavy atom. The first-order valence-corrected chi connectivity index (χ1v) is 10.6. The number of halogens is 3. The highest BCUT2D eigenvalue weighted by atomic mass is 19.4. The molecule has 2 aliphatic rings. The first kappa shape index (κ1) is 24.4. The number of likely N-dealkylation sites (tertiary alicyclic amines) is 1. The number of alkyl halides is 3. The van der Waals surface area contributed by atoms with Gasteiger partial charge in [0, 0.05) is 44.6 Å². The lowest BCUT2D eigenvalue weighted by Crippen LogP contribution is -2.39. The highest BCUT2D eigenvalue weighted by Crippen LogP contribution is 2.30. The first-order valence-electron chi connectivity index (χ1n) is 10.6. The highest BCUT2D eigenvalue weighted by molar-refractivity contribution is 5.99. The van der Waals surface area contributed by atoms with Gasteiger partial charge in [-0.25, -0.2) is 4.99 Å². The van der Waals surface area contributed by atoms with E-state index in [9.17, 15) is 22.8 Å². The van der Waals surface area contributed by atoms with Crippen molar-refractivity contribution >= 4 is 41.3 Å². The maximum atomic E-state index is 12.9. The molecule has 2 N–H and O–H groups in total. The number of nitrogens with zero attached hydrogens (tertiary/aromatic N) is 5. The second-order valence-electron chi connectivity index (χ2n) is 8.20. The van der Waals surface area contributed by atoms with Crippen molar-refractivity contribution in [2.75, 3.05) is 25.9 Å². The lowest BCUT2D eigenvalue weighted by atomic mass is 9.97. The Morgan fingerprint density at radius 1 is 1.24 bits per heavy atom. The van der Waals surface area contributed by atoms with Gasteiger partial charge >= 0.3 is 6.18 Å². The third-order valence-corrected chi connectivity index (χ3v) is 5.80. The van der Waals surface area contributed by atoms with Gasteiger partial charge in [-0.2, -0.15) is 18.3 Å². The molecule has 2 amide bonds. The van der Waals surface area contributed by atoms with Crippen LogP contribution in [0, 0.1) is 12.8 Å². The molecule has 11 heteroatoms. The van der Waals surface area contributed by atoms with Crippen LogP contribution in [0.25, 0.3) is 0 Å². The predicted octanol–water partition coefficient (Wildman–Crippen LogP) is 3.37. The first-order chi connectivity index (χ1) is 15.5. The van der Waals surface area contributed by atoms with Gasteiger partial charge in [0.25, 0.3) is 11.8 Å². The molecule has 1 unspecified atom stereocenters. The smallest absolute Gasteiger partial charge is 0.397 e. The summed E-state index contributed by atoms with van der Waals surface area (Å²) in [6.45, 7) is 4.59. The van der Waals surface area contributed by atoms with E-state index in [-0.39, 0.29) is 11.8 Å². The van der Waals surface area contributed by atoms with Gasteiger partial charge in [0.15, 0.2) is 0 Å². The SMILES string of the molecule is CC=Nc1c(C)cc(C(=O)N2CCC(C=NC(=O)C3CC(C(F)(F)F)=NN3C)CC2)cc1N. The predicted molar refractivity (Wildman–Crippen MR) is 121 cm³/mol. The fraction of sp³-hybridized carbons (Fsp3) is 0.500. The Hall–Kier alpha value is -3.24. The molecule has 1 fully saturated rings. The topological polar surface area (TPSA) is 104 Å². The number of nitrogens with two attached hydrogens (primary N) is 1. The lowest BCUT2D eigenvalue weighted by molar-refractivity contribution is -0.121. The molecule has 1 saturated heterocycles. The Balaban J connectivity index is 1.55. The summed E-state index contributed by atoms with van der Waals surface area (Å²) in [6, 6.07) is 2.34. The Kier molecular flexibility index (Phi) is 7.19. The van der Waals surface area contributed by atoms with Crippen LogP contribution in [0.1, 0.15) is 42.1 Å². The molecule has 0 radical (unpaired) electrons. The van der Waals surface area contributed by atoms with E-state index < -0.39 is 30.3 Å². The van der Waals surface area contributed by atoms with Crippen LogP contribution in [0.3, 0.4) is 0 Å². The van der Waals surface area contributed by atoms with E-state index in [0.29, 0.717) is 42.9 Å². The quantitative estimate of drug-likeness (QED) is 0.545. The number of carbonyl (C=O) groups is 2. The van der Waals surface area contributed by atoms with E-state index in [1.54, 1.807) is 30.2 Å². The molecule has 8 nitrogen and oxygen atoms in total.